The minimum atomic E-state index is -0.373. The monoisotopic (exact) mass is 400 g/mol. The zero-order valence-corrected chi connectivity index (χ0v) is 13.3. The number of carbonyl (C=O) groups is 1. The molecular weight excluding hydrogens is 390 g/mol. The summed E-state index contributed by atoms with van der Waals surface area (Å²) in [4.78, 5) is 17.7. The van der Waals surface area contributed by atoms with E-state index in [2.05, 4.69) is 4.98 Å². The first-order valence-electron chi connectivity index (χ1n) is 5.95. The number of nitrogens with zero attached hydrogens (tertiary/aromatic N) is 2. The van der Waals surface area contributed by atoms with Gasteiger partial charge in [0.1, 0.15) is 11.2 Å². The van der Waals surface area contributed by atoms with Crippen LogP contribution in [-0.4, -0.2) is 16.6 Å². The first-order valence-corrected chi connectivity index (χ1v) is 8.08. The van der Waals surface area contributed by atoms with E-state index in [1.54, 1.807) is 24.5 Å². The van der Waals surface area contributed by atoms with E-state index in [1.165, 1.54) is 22.7 Å². The van der Waals surface area contributed by atoms with Crippen molar-refractivity contribution in [1.29, 1.82) is 0 Å². The summed E-state index contributed by atoms with van der Waals surface area (Å²) in [6.45, 7) is 0. The van der Waals surface area contributed by atoms with Crippen LogP contribution in [0.25, 0.3) is 0 Å². The van der Waals surface area contributed by atoms with Crippen LogP contribution < -0.4 is 4.90 Å². The number of halogens is 2. The average Bonchev–Trinajstić information content (AvgIpc) is 2.82. The zero-order valence-electron chi connectivity index (χ0n) is 10.3. The molecule has 0 unspecified atom stereocenters. The van der Waals surface area contributed by atoms with Gasteiger partial charge < -0.3 is 0 Å². The molecule has 1 fully saturated rings. The number of rotatable bonds is 2. The smallest absolute Gasteiger partial charge is 0.238 e. The quantitative estimate of drug-likeness (QED) is 0.723. The van der Waals surface area contributed by atoms with Gasteiger partial charge in [-0.1, -0.05) is 6.07 Å². The predicted octanol–water partition coefficient (Wildman–Crippen LogP) is 3.60. The highest BCUT2D eigenvalue weighted by Crippen LogP contribution is 2.42. The number of thioether (sulfide) groups is 1. The van der Waals surface area contributed by atoms with Gasteiger partial charge >= 0.3 is 0 Å². The molecule has 1 amide bonds. The second-order valence-electron chi connectivity index (χ2n) is 4.31. The lowest BCUT2D eigenvalue weighted by Gasteiger charge is -2.24. The summed E-state index contributed by atoms with van der Waals surface area (Å²) >= 11 is 3.54. The molecule has 0 radical (unpaired) electrons. The number of benzene rings is 1. The number of pyridine rings is 1. The van der Waals surface area contributed by atoms with Crippen LogP contribution in [0.5, 0.6) is 0 Å². The Morgan fingerprint density at radius 2 is 2.25 bits per heavy atom. The third-order valence-corrected chi connectivity index (χ3v) is 4.89. The molecule has 0 bridgehead atoms. The average molecular weight is 400 g/mol. The zero-order chi connectivity index (χ0) is 14.1. The lowest BCUT2D eigenvalue weighted by atomic mass is 10.2. The largest absolute Gasteiger partial charge is 0.292 e. The van der Waals surface area contributed by atoms with Gasteiger partial charge in [-0.3, -0.25) is 14.7 Å². The van der Waals surface area contributed by atoms with Gasteiger partial charge in [0, 0.05) is 21.5 Å². The van der Waals surface area contributed by atoms with Crippen molar-refractivity contribution in [2.75, 3.05) is 10.7 Å². The van der Waals surface area contributed by atoms with E-state index in [-0.39, 0.29) is 17.1 Å². The van der Waals surface area contributed by atoms with E-state index in [0.29, 0.717) is 11.4 Å². The molecule has 1 aliphatic heterocycles. The number of hydrogen-bond donors (Lipinski definition) is 0. The fourth-order valence-corrected chi connectivity index (χ4v) is 3.73. The lowest BCUT2D eigenvalue weighted by Crippen LogP contribution is -2.28. The minimum Gasteiger partial charge on any atom is -0.292 e. The predicted molar refractivity (Wildman–Crippen MR) is 86.0 cm³/mol. The summed E-state index contributed by atoms with van der Waals surface area (Å²) in [5, 5.41) is -0.217. The van der Waals surface area contributed by atoms with Crippen molar-refractivity contribution in [3.8, 4) is 0 Å². The highest BCUT2D eigenvalue weighted by molar-refractivity contribution is 14.1. The normalized spacial score (nSPS) is 18.6. The van der Waals surface area contributed by atoms with Crippen LogP contribution in [0.4, 0.5) is 10.1 Å². The van der Waals surface area contributed by atoms with E-state index in [9.17, 15) is 9.18 Å². The van der Waals surface area contributed by atoms with Crippen LogP contribution in [0.3, 0.4) is 0 Å². The van der Waals surface area contributed by atoms with Gasteiger partial charge in [-0.05, 0) is 46.9 Å². The van der Waals surface area contributed by atoms with Crippen molar-refractivity contribution in [3.05, 3.63) is 57.7 Å². The third kappa shape index (κ3) is 2.54. The Morgan fingerprint density at radius 1 is 1.40 bits per heavy atom. The molecular formula is C14H10FIN2OS. The highest BCUT2D eigenvalue weighted by Gasteiger charge is 2.35. The molecule has 3 nitrogen and oxygen atoms in total. The van der Waals surface area contributed by atoms with E-state index >= 15 is 0 Å². The van der Waals surface area contributed by atoms with Crippen LogP contribution in [0.1, 0.15) is 10.9 Å². The van der Waals surface area contributed by atoms with E-state index < -0.39 is 0 Å². The maximum atomic E-state index is 14.1. The van der Waals surface area contributed by atoms with Gasteiger partial charge in [-0.2, -0.15) is 0 Å². The Balaban J connectivity index is 2.03. The van der Waals surface area contributed by atoms with Crippen LogP contribution in [-0.2, 0) is 4.79 Å². The summed E-state index contributed by atoms with van der Waals surface area (Å²) in [5.41, 5.74) is 1.23. The maximum Gasteiger partial charge on any atom is 0.238 e. The first kappa shape index (κ1) is 13.8. The molecule has 0 saturated carbocycles. The van der Waals surface area contributed by atoms with Gasteiger partial charge in [0.25, 0.3) is 0 Å². The summed E-state index contributed by atoms with van der Waals surface area (Å²) in [6.07, 6.45) is 3.40. The van der Waals surface area contributed by atoms with Crippen molar-refractivity contribution < 1.29 is 9.18 Å². The number of amides is 1. The fourth-order valence-electron chi connectivity index (χ4n) is 2.13. The molecule has 1 atom stereocenters. The van der Waals surface area contributed by atoms with Gasteiger partial charge in [0.05, 0.1) is 11.4 Å². The van der Waals surface area contributed by atoms with Gasteiger partial charge in [0.2, 0.25) is 5.91 Å². The summed E-state index contributed by atoms with van der Waals surface area (Å²) < 4.78 is 14.9. The van der Waals surface area contributed by atoms with Gasteiger partial charge in [-0.15, -0.1) is 11.8 Å². The molecule has 6 heteroatoms. The Labute approximate surface area is 133 Å². The number of aromatic nitrogens is 1. The van der Waals surface area contributed by atoms with E-state index in [1.807, 2.05) is 34.7 Å². The fraction of sp³-hybridized carbons (Fsp3) is 0.143. The minimum absolute atomic E-state index is 0.0797. The second kappa shape index (κ2) is 5.69. The molecule has 0 spiro atoms. The maximum absolute atomic E-state index is 14.1. The Kier molecular flexibility index (Phi) is 3.93. The second-order valence-corrected chi connectivity index (χ2v) is 6.62. The molecule has 1 aromatic carbocycles. The summed E-state index contributed by atoms with van der Waals surface area (Å²) in [5.74, 6) is -0.101. The molecule has 1 saturated heterocycles. The molecule has 0 N–H and O–H groups in total. The number of anilines is 1. The molecule has 20 heavy (non-hydrogen) atoms. The molecule has 2 aromatic rings. The van der Waals surface area contributed by atoms with E-state index in [0.717, 1.165) is 9.13 Å². The molecule has 2 heterocycles. The van der Waals surface area contributed by atoms with Gasteiger partial charge in [0.15, 0.2) is 0 Å². The molecule has 1 aromatic heterocycles. The molecule has 1 aliphatic rings. The van der Waals surface area contributed by atoms with E-state index in [4.69, 9.17) is 0 Å². The number of hydrogen-bond acceptors (Lipinski definition) is 3. The van der Waals surface area contributed by atoms with Crippen LogP contribution >= 0.6 is 34.4 Å². The van der Waals surface area contributed by atoms with Crippen molar-refractivity contribution in [2.45, 2.75) is 5.37 Å². The SMILES string of the molecule is O=C1CS[C@H](c2cccnc2)N1c1ccc(I)cc1F. The van der Waals surface area contributed by atoms with Crippen LogP contribution in [0, 0.1) is 9.39 Å². The van der Waals surface area contributed by atoms with Crippen molar-refractivity contribution in [1.82, 2.24) is 4.98 Å². The highest BCUT2D eigenvalue weighted by atomic mass is 127. The van der Waals surface area contributed by atoms with Gasteiger partial charge in [-0.25, -0.2) is 4.39 Å². The third-order valence-electron chi connectivity index (χ3n) is 3.01. The Bertz CT molecular complexity index is 653. The van der Waals surface area contributed by atoms with Crippen molar-refractivity contribution >= 4 is 45.9 Å². The van der Waals surface area contributed by atoms with Crippen molar-refractivity contribution in [2.24, 2.45) is 0 Å². The standard InChI is InChI=1S/C14H10FIN2OS/c15-11-6-10(16)3-4-12(11)18-13(19)8-20-14(18)9-2-1-5-17-7-9/h1-7,14H,8H2/t14-/m1/s1. The lowest BCUT2D eigenvalue weighted by molar-refractivity contribution is -0.115. The molecule has 102 valence electrons. The van der Waals surface area contributed by atoms with Crippen LogP contribution in [0.15, 0.2) is 42.7 Å². The Morgan fingerprint density at radius 3 is 2.95 bits per heavy atom. The van der Waals surface area contributed by atoms with Crippen molar-refractivity contribution in [3.63, 3.8) is 0 Å². The first-order chi connectivity index (χ1) is 9.66. The number of carbonyl (C=O) groups excluding carboxylic acids is 1. The molecule has 0 aliphatic carbocycles. The summed E-state index contributed by atoms with van der Waals surface area (Å²) in [6, 6.07) is 8.62. The molecule has 3 rings (SSSR count). The summed E-state index contributed by atoms with van der Waals surface area (Å²) in [7, 11) is 0. The topological polar surface area (TPSA) is 33.2 Å². The Hall–Kier alpha value is -1.15. The van der Waals surface area contributed by atoms with Crippen LogP contribution in [0.2, 0.25) is 0 Å².